The van der Waals surface area contributed by atoms with Crippen molar-refractivity contribution in [1.82, 2.24) is 0 Å². The molecular weight excluding hydrogens is 324 g/mol. The van der Waals surface area contributed by atoms with Gasteiger partial charge in [0.1, 0.15) is 4.21 Å². The minimum absolute atomic E-state index is 0.108. The number of hydrogen-bond acceptors (Lipinski definition) is 4. The molecule has 1 aromatic heterocycles. The van der Waals surface area contributed by atoms with Crippen molar-refractivity contribution in [3.63, 3.8) is 0 Å². The highest BCUT2D eigenvalue weighted by Gasteiger charge is 2.18. The summed E-state index contributed by atoms with van der Waals surface area (Å²) in [5.41, 5.74) is -0.123. The van der Waals surface area contributed by atoms with E-state index in [2.05, 4.69) is 4.72 Å². The molecule has 0 aliphatic carbocycles. The zero-order valence-corrected chi connectivity index (χ0v) is 12.0. The fourth-order valence-electron chi connectivity index (χ4n) is 1.51. The van der Waals surface area contributed by atoms with Gasteiger partial charge in [0.25, 0.3) is 10.0 Å². The number of benzene rings is 1. The lowest BCUT2D eigenvalue weighted by molar-refractivity contribution is -0.136. The highest BCUT2D eigenvalue weighted by Crippen LogP contribution is 2.25. The third-order valence-electron chi connectivity index (χ3n) is 2.40. The van der Waals surface area contributed by atoms with Crippen LogP contribution in [0.3, 0.4) is 0 Å². The number of halogens is 2. The maximum atomic E-state index is 13.0. The highest BCUT2D eigenvalue weighted by molar-refractivity contribution is 7.94. The Balaban J connectivity index is 2.23. The smallest absolute Gasteiger partial charge is 0.308 e. The van der Waals surface area contributed by atoms with E-state index in [1.54, 1.807) is 0 Å². The first-order valence-electron chi connectivity index (χ1n) is 5.56. The van der Waals surface area contributed by atoms with Gasteiger partial charge in [0.2, 0.25) is 0 Å². The molecular formula is C12H9F2NO4S2. The maximum absolute atomic E-state index is 13.0. The Kier molecular flexibility index (Phi) is 4.24. The van der Waals surface area contributed by atoms with Crippen molar-refractivity contribution < 1.29 is 27.1 Å². The number of aliphatic carboxylic acids is 1. The third kappa shape index (κ3) is 3.76. The van der Waals surface area contributed by atoms with Crippen LogP contribution in [0.5, 0.6) is 0 Å². The first-order valence-corrected chi connectivity index (χ1v) is 7.86. The largest absolute Gasteiger partial charge is 0.481 e. The molecule has 9 heteroatoms. The molecule has 0 fully saturated rings. The molecule has 0 amide bonds. The lowest BCUT2D eigenvalue weighted by atomic mass is 10.3. The van der Waals surface area contributed by atoms with E-state index < -0.39 is 27.6 Å². The number of thiophene rings is 1. The maximum Gasteiger partial charge on any atom is 0.308 e. The molecule has 0 saturated carbocycles. The lowest BCUT2D eigenvalue weighted by Gasteiger charge is -2.06. The number of carboxylic acid groups (broad SMARTS) is 1. The number of hydrogen-bond donors (Lipinski definition) is 2. The monoisotopic (exact) mass is 333 g/mol. The summed E-state index contributed by atoms with van der Waals surface area (Å²) in [5.74, 6) is -3.33. The molecule has 0 unspecified atom stereocenters. The molecule has 1 heterocycles. The molecule has 0 bridgehead atoms. The summed E-state index contributed by atoms with van der Waals surface area (Å²) in [7, 11) is -3.97. The molecule has 112 valence electrons. The molecule has 21 heavy (non-hydrogen) atoms. The molecule has 1 aromatic carbocycles. The van der Waals surface area contributed by atoms with Gasteiger partial charge >= 0.3 is 5.97 Å². The molecule has 0 spiro atoms. The van der Waals surface area contributed by atoms with Crippen LogP contribution in [-0.4, -0.2) is 19.5 Å². The van der Waals surface area contributed by atoms with Crippen LogP contribution in [0, 0.1) is 11.6 Å². The predicted molar refractivity (Wildman–Crippen MR) is 72.8 cm³/mol. The standard InChI is InChI=1S/C12H9F2NO4S2/c13-9-3-1-7(5-10(9)14)15-21(18,19)12-4-2-8(20-12)6-11(16)17/h1-5,15H,6H2,(H,16,17). The van der Waals surface area contributed by atoms with E-state index in [1.165, 1.54) is 12.1 Å². The fourth-order valence-corrected chi connectivity index (χ4v) is 3.91. The molecule has 0 aliphatic rings. The average molecular weight is 333 g/mol. The van der Waals surface area contributed by atoms with Crippen molar-refractivity contribution in [3.8, 4) is 0 Å². The van der Waals surface area contributed by atoms with Crippen LogP contribution in [0.1, 0.15) is 4.88 Å². The lowest BCUT2D eigenvalue weighted by Crippen LogP contribution is -2.11. The summed E-state index contributed by atoms with van der Waals surface area (Å²) in [6.45, 7) is 0. The quantitative estimate of drug-likeness (QED) is 0.880. The van der Waals surface area contributed by atoms with Gasteiger partial charge in [-0.15, -0.1) is 11.3 Å². The summed E-state index contributed by atoms with van der Waals surface area (Å²) in [4.78, 5) is 10.9. The van der Waals surface area contributed by atoms with E-state index >= 15 is 0 Å². The molecule has 0 aliphatic heterocycles. The summed E-state index contributed by atoms with van der Waals surface area (Å²) < 4.78 is 51.9. The van der Waals surface area contributed by atoms with Crippen molar-refractivity contribution in [3.05, 3.63) is 46.8 Å². The van der Waals surface area contributed by atoms with Crippen LogP contribution in [0.4, 0.5) is 14.5 Å². The van der Waals surface area contributed by atoms with Crippen LogP contribution in [0.25, 0.3) is 0 Å². The Bertz CT molecular complexity index is 786. The highest BCUT2D eigenvalue weighted by atomic mass is 32.2. The number of anilines is 1. The summed E-state index contributed by atoms with van der Waals surface area (Å²) in [6, 6.07) is 5.25. The SMILES string of the molecule is O=C(O)Cc1ccc(S(=O)(=O)Nc2ccc(F)c(F)c2)s1. The van der Waals surface area contributed by atoms with Crippen molar-refractivity contribution in [2.75, 3.05) is 4.72 Å². The molecule has 0 atom stereocenters. The molecule has 0 radical (unpaired) electrons. The molecule has 2 N–H and O–H groups in total. The summed E-state index contributed by atoms with van der Waals surface area (Å²) >= 11 is 0.796. The predicted octanol–water partition coefficient (Wildman–Crippen LogP) is 2.45. The zero-order valence-electron chi connectivity index (χ0n) is 10.3. The first kappa shape index (κ1) is 15.4. The van der Waals surface area contributed by atoms with Crippen LogP contribution >= 0.6 is 11.3 Å². The van der Waals surface area contributed by atoms with Crippen molar-refractivity contribution in [2.45, 2.75) is 10.6 Å². The second kappa shape index (κ2) is 5.78. The fraction of sp³-hybridized carbons (Fsp3) is 0.0833. The Morgan fingerprint density at radius 1 is 1.19 bits per heavy atom. The van der Waals surface area contributed by atoms with Gasteiger partial charge in [-0.3, -0.25) is 9.52 Å². The van der Waals surface area contributed by atoms with Gasteiger partial charge in [-0.2, -0.15) is 0 Å². The topological polar surface area (TPSA) is 83.5 Å². The zero-order chi connectivity index (χ0) is 15.6. The van der Waals surface area contributed by atoms with E-state index in [4.69, 9.17) is 5.11 Å². The van der Waals surface area contributed by atoms with Gasteiger partial charge in [-0.25, -0.2) is 17.2 Å². The van der Waals surface area contributed by atoms with Crippen LogP contribution in [0.15, 0.2) is 34.5 Å². The number of nitrogens with one attached hydrogen (secondary N) is 1. The number of carboxylic acids is 1. The van der Waals surface area contributed by atoms with Gasteiger partial charge in [0, 0.05) is 10.9 Å². The van der Waals surface area contributed by atoms with Gasteiger partial charge in [-0.05, 0) is 24.3 Å². The van der Waals surface area contributed by atoms with Crippen molar-refractivity contribution in [2.24, 2.45) is 0 Å². The van der Waals surface area contributed by atoms with Crippen LogP contribution in [-0.2, 0) is 21.2 Å². The molecule has 0 saturated heterocycles. The second-order valence-electron chi connectivity index (χ2n) is 4.03. The Morgan fingerprint density at radius 2 is 1.90 bits per heavy atom. The van der Waals surface area contributed by atoms with E-state index in [-0.39, 0.29) is 16.3 Å². The normalized spacial score (nSPS) is 11.3. The average Bonchev–Trinajstić information content (AvgIpc) is 2.82. The molecule has 2 rings (SSSR count). The summed E-state index contributed by atoms with van der Waals surface area (Å²) in [6.07, 6.45) is -0.286. The van der Waals surface area contributed by atoms with Gasteiger partial charge in [0.15, 0.2) is 11.6 Å². The Hall–Kier alpha value is -2.00. The van der Waals surface area contributed by atoms with Crippen molar-refractivity contribution >= 4 is 33.0 Å². The third-order valence-corrected chi connectivity index (χ3v) is 5.36. The number of sulfonamides is 1. The first-order chi connectivity index (χ1) is 9.78. The minimum atomic E-state index is -3.97. The Labute approximate surface area is 122 Å². The van der Waals surface area contributed by atoms with E-state index in [9.17, 15) is 22.0 Å². The molecule has 5 nitrogen and oxygen atoms in total. The number of carbonyl (C=O) groups is 1. The number of rotatable bonds is 5. The van der Waals surface area contributed by atoms with Crippen LogP contribution < -0.4 is 4.72 Å². The van der Waals surface area contributed by atoms with Gasteiger partial charge in [0.05, 0.1) is 12.1 Å². The van der Waals surface area contributed by atoms with Crippen LogP contribution in [0.2, 0.25) is 0 Å². The van der Waals surface area contributed by atoms with E-state index in [0.29, 0.717) is 4.88 Å². The minimum Gasteiger partial charge on any atom is -0.481 e. The molecule has 2 aromatic rings. The van der Waals surface area contributed by atoms with E-state index in [1.807, 2.05) is 0 Å². The van der Waals surface area contributed by atoms with Gasteiger partial charge in [-0.1, -0.05) is 0 Å². The van der Waals surface area contributed by atoms with Gasteiger partial charge < -0.3 is 5.11 Å². The summed E-state index contributed by atoms with van der Waals surface area (Å²) in [5, 5.41) is 8.64. The Morgan fingerprint density at radius 3 is 2.52 bits per heavy atom. The second-order valence-corrected chi connectivity index (χ2v) is 7.10. The van der Waals surface area contributed by atoms with Crippen molar-refractivity contribution in [1.29, 1.82) is 0 Å². The van der Waals surface area contributed by atoms with E-state index in [0.717, 1.165) is 29.5 Å².